The molecule has 0 unspecified atom stereocenters. The van der Waals surface area contributed by atoms with Crippen molar-refractivity contribution >= 4 is 11.9 Å². The highest BCUT2D eigenvalue weighted by Crippen LogP contribution is 2.24. The first kappa shape index (κ1) is 21.5. The first-order valence-electron chi connectivity index (χ1n) is 11.1. The molecule has 0 atom stereocenters. The van der Waals surface area contributed by atoms with Crippen LogP contribution in [0.2, 0.25) is 0 Å². The van der Waals surface area contributed by atoms with Crippen LogP contribution in [0.25, 0.3) is 0 Å². The van der Waals surface area contributed by atoms with Gasteiger partial charge in [-0.25, -0.2) is 0 Å². The molecule has 6 heteroatoms. The summed E-state index contributed by atoms with van der Waals surface area (Å²) < 4.78 is 6.12. The van der Waals surface area contributed by atoms with Gasteiger partial charge in [0.15, 0.2) is 5.96 Å². The summed E-state index contributed by atoms with van der Waals surface area (Å²) in [6.07, 6.45) is 9.35. The third-order valence-electron chi connectivity index (χ3n) is 6.11. The van der Waals surface area contributed by atoms with Gasteiger partial charge in [-0.3, -0.25) is 9.79 Å². The zero-order valence-electron chi connectivity index (χ0n) is 18.0. The number of aliphatic imine (C=N–C) groups is 1. The van der Waals surface area contributed by atoms with Crippen LogP contribution in [0.3, 0.4) is 0 Å². The van der Waals surface area contributed by atoms with E-state index in [9.17, 15) is 4.79 Å². The van der Waals surface area contributed by atoms with Gasteiger partial charge in [0, 0.05) is 40.2 Å². The molecule has 0 radical (unpaired) electrons. The normalized spacial score (nSPS) is 19.1. The summed E-state index contributed by atoms with van der Waals surface area (Å²) in [4.78, 5) is 18.3. The number of hydrogen-bond donors (Lipinski definition) is 2. The molecule has 1 amide bonds. The Morgan fingerprint density at radius 2 is 1.79 bits per heavy atom. The van der Waals surface area contributed by atoms with Gasteiger partial charge in [-0.2, -0.15) is 0 Å². The maximum Gasteiger partial charge on any atom is 0.220 e. The molecule has 2 fully saturated rings. The van der Waals surface area contributed by atoms with E-state index in [2.05, 4.69) is 44.8 Å². The summed E-state index contributed by atoms with van der Waals surface area (Å²) in [6, 6.07) is 8.43. The number of piperidine rings is 1. The number of amides is 1. The van der Waals surface area contributed by atoms with E-state index in [1.807, 2.05) is 7.05 Å². The minimum atomic E-state index is 0.141. The lowest BCUT2D eigenvalue weighted by atomic mass is 9.93. The molecule has 1 aromatic carbocycles. The van der Waals surface area contributed by atoms with Gasteiger partial charge in [0.2, 0.25) is 5.91 Å². The maximum atomic E-state index is 11.6. The lowest BCUT2D eigenvalue weighted by molar-refractivity contribution is -0.121. The van der Waals surface area contributed by atoms with E-state index in [1.165, 1.54) is 37.7 Å². The average molecular weight is 401 g/mol. The number of hydrogen-bond acceptors (Lipinski definition) is 3. The van der Waals surface area contributed by atoms with Gasteiger partial charge in [0.1, 0.15) is 5.75 Å². The third kappa shape index (κ3) is 6.65. The fourth-order valence-corrected chi connectivity index (χ4v) is 4.29. The van der Waals surface area contributed by atoms with Crippen molar-refractivity contribution in [1.29, 1.82) is 0 Å². The SMILES string of the molecule is CN=C(NCc1ccc(OC2CCCCC2)cc1)N1CCC(CC(=O)NC)CC1. The van der Waals surface area contributed by atoms with Crippen LogP contribution in [0.5, 0.6) is 5.75 Å². The molecular formula is C23H36N4O2. The molecule has 1 saturated heterocycles. The average Bonchev–Trinajstić information content (AvgIpc) is 2.77. The van der Waals surface area contributed by atoms with Gasteiger partial charge in [0.25, 0.3) is 0 Å². The topological polar surface area (TPSA) is 66.0 Å². The largest absolute Gasteiger partial charge is 0.490 e. The highest BCUT2D eigenvalue weighted by Gasteiger charge is 2.23. The van der Waals surface area contributed by atoms with E-state index in [-0.39, 0.29) is 5.91 Å². The molecule has 1 aliphatic heterocycles. The standard InChI is InChI=1S/C23H36N4O2/c1-24-22(28)16-18-12-14-27(15-13-18)23(25-2)26-17-19-8-10-21(11-9-19)29-20-6-4-3-5-7-20/h8-11,18,20H,3-7,12-17H2,1-2H3,(H,24,28)(H,25,26). The lowest BCUT2D eigenvalue weighted by Crippen LogP contribution is -2.45. The zero-order valence-corrected chi connectivity index (χ0v) is 18.0. The third-order valence-corrected chi connectivity index (χ3v) is 6.11. The Hall–Kier alpha value is -2.24. The molecule has 29 heavy (non-hydrogen) atoms. The Kier molecular flexibility index (Phi) is 8.20. The molecule has 160 valence electrons. The molecule has 1 saturated carbocycles. The molecule has 1 aromatic rings. The van der Waals surface area contributed by atoms with E-state index >= 15 is 0 Å². The monoisotopic (exact) mass is 400 g/mol. The molecule has 0 bridgehead atoms. The summed E-state index contributed by atoms with van der Waals surface area (Å²) >= 11 is 0. The number of nitrogens with one attached hydrogen (secondary N) is 2. The molecule has 1 heterocycles. The van der Waals surface area contributed by atoms with Gasteiger partial charge >= 0.3 is 0 Å². The Morgan fingerprint density at radius 3 is 2.41 bits per heavy atom. The summed E-state index contributed by atoms with van der Waals surface area (Å²) in [7, 11) is 3.54. The number of likely N-dealkylation sites (tertiary alicyclic amines) is 1. The van der Waals surface area contributed by atoms with Crippen molar-refractivity contribution in [3.05, 3.63) is 29.8 Å². The number of guanidine groups is 1. The van der Waals surface area contributed by atoms with Crippen molar-refractivity contribution in [1.82, 2.24) is 15.5 Å². The first-order valence-corrected chi connectivity index (χ1v) is 11.1. The van der Waals surface area contributed by atoms with Crippen molar-refractivity contribution in [2.24, 2.45) is 10.9 Å². The van der Waals surface area contributed by atoms with Crippen LogP contribution in [0.1, 0.15) is 56.9 Å². The van der Waals surface area contributed by atoms with Crippen molar-refractivity contribution in [2.45, 2.75) is 64.0 Å². The van der Waals surface area contributed by atoms with Crippen molar-refractivity contribution < 1.29 is 9.53 Å². The summed E-state index contributed by atoms with van der Waals surface area (Å²) in [5, 5.41) is 6.20. The molecule has 2 N–H and O–H groups in total. The minimum absolute atomic E-state index is 0.141. The Morgan fingerprint density at radius 1 is 1.10 bits per heavy atom. The van der Waals surface area contributed by atoms with E-state index in [0.29, 0.717) is 18.4 Å². The number of nitrogens with zero attached hydrogens (tertiary/aromatic N) is 2. The Labute approximate surface area is 175 Å². The van der Waals surface area contributed by atoms with Gasteiger partial charge in [-0.05, 0) is 62.1 Å². The fourth-order valence-electron chi connectivity index (χ4n) is 4.29. The minimum Gasteiger partial charge on any atom is -0.490 e. The number of carbonyl (C=O) groups excluding carboxylic acids is 1. The molecule has 2 aliphatic rings. The maximum absolute atomic E-state index is 11.6. The summed E-state index contributed by atoms with van der Waals surface area (Å²) in [5.41, 5.74) is 1.22. The summed E-state index contributed by atoms with van der Waals surface area (Å²) in [5.74, 6) is 2.53. The van der Waals surface area contributed by atoms with Crippen molar-refractivity contribution in [2.75, 3.05) is 27.2 Å². The van der Waals surface area contributed by atoms with Crippen LogP contribution >= 0.6 is 0 Å². The van der Waals surface area contributed by atoms with E-state index < -0.39 is 0 Å². The highest BCUT2D eigenvalue weighted by atomic mass is 16.5. The van der Waals surface area contributed by atoms with Crippen LogP contribution in [0, 0.1) is 5.92 Å². The molecule has 3 rings (SSSR count). The van der Waals surface area contributed by atoms with E-state index in [4.69, 9.17) is 4.74 Å². The number of ether oxygens (including phenoxy) is 1. The van der Waals surface area contributed by atoms with Gasteiger partial charge in [-0.1, -0.05) is 18.6 Å². The quantitative estimate of drug-likeness (QED) is 0.568. The number of benzene rings is 1. The fraction of sp³-hybridized carbons (Fsp3) is 0.652. The van der Waals surface area contributed by atoms with Gasteiger partial charge < -0.3 is 20.3 Å². The molecule has 0 aromatic heterocycles. The second-order valence-electron chi connectivity index (χ2n) is 8.23. The highest BCUT2D eigenvalue weighted by molar-refractivity contribution is 5.80. The summed E-state index contributed by atoms with van der Waals surface area (Å²) in [6.45, 7) is 2.62. The van der Waals surface area contributed by atoms with E-state index in [1.54, 1.807) is 7.05 Å². The zero-order chi connectivity index (χ0) is 20.5. The van der Waals surface area contributed by atoms with Crippen LogP contribution in [0.15, 0.2) is 29.3 Å². The molecule has 0 spiro atoms. The van der Waals surface area contributed by atoms with Crippen LogP contribution in [-0.2, 0) is 11.3 Å². The van der Waals surface area contributed by atoms with Crippen LogP contribution < -0.4 is 15.4 Å². The van der Waals surface area contributed by atoms with Gasteiger partial charge in [0.05, 0.1) is 6.10 Å². The second kappa shape index (κ2) is 11.1. The lowest BCUT2D eigenvalue weighted by Gasteiger charge is -2.34. The molecular weight excluding hydrogens is 364 g/mol. The van der Waals surface area contributed by atoms with Crippen LogP contribution in [0.4, 0.5) is 0 Å². The van der Waals surface area contributed by atoms with Crippen molar-refractivity contribution in [3.8, 4) is 5.75 Å². The molecule has 6 nitrogen and oxygen atoms in total. The van der Waals surface area contributed by atoms with Gasteiger partial charge in [-0.15, -0.1) is 0 Å². The second-order valence-corrected chi connectivity index (χ2v) is 8.23. The van der Waals surface area contributed by atoms with E-state index in [0.717, 1.165) is 44.2 Å². The van der Waals surface area contributed by atoms with Crippen LogP contribution in [-0.4, -0.2) is 50.1 Å². The van der Waals surface area contributed by atoms with Crippen molar-refractivity contribution in [3.63, 3.8) is 0 Å². The molecule has 1 aliphatic carbocycles. The number of rotatable bonds is 6. The first-order chi connectivity index (χ1) is 14.2. The predicted molar refractivity (Wildman–Crippen MR) is 117 cm³/mol. The number of carbonyl (C=O) groups is 1. The predicted octanol–water partition coefficient (Wildman–Crippen LogP) is 3.32. The smallest absolute Gasteiger partial charge is 0.220 e. The Bertz CT molecular complexity index is 660. The Balaban J connectivity index is 1.43.